The highest BCUT2D eigenvalue weighted by Crippen LogP contribution is 2.17. The third kappa shape index (κ3) is 2.35. The molecule has 0 fully saturated rings. The summed E-state index contributed by atoms with van der Waals surface area (Å²) in [4.78, 5) is 6.66. The molecular formula is C8H10N4O2. The molecule has 1 unspecified atom stereocenters. The predicted octanol–water partition coefficient (Wildman–Crippen LogP) is 1.43. The highest BCUT2D eigenvalue weighted by Gasteiger charge is 2.09. The van der Waals surface area contributed by atoms with Crippen LogP contribution in [-0.4, -0.2) is 23.8 Å². The van der Waals surface area contributed by atoms with Crippen molar-refractivity contribution in [3.63, 3.8) is 0 Å². The Morgan fingerprint density at radius 1 is 1.71 bits per heavy atom. The maximum atomic E-state index is 8.93. The van der Waals surface area contributed by atoms with E-state index in [4.69, 9.17) is 15.4 Å². The molecule has 1 rings (SSSR count). The summed E-state index contributed by atoms with van der Waals surface area (Å²) >= 11 is 0. The summed E-state index contributed by atoms with van der Waals surface area (Å²) in [6.45, 7) is -0.274. The molecule has 1 aromatic heterocycles. The normalized spacial score (nSPS) is 11.6. The number of azide groups is 1. The SMILES string of the molecule is COc1cccc(C(CO)N=[N+]=[N-])n1. The molecule has 6 nitrogen and oxygen atoms in total. The number of aliphatic hydroxyl groups is 1. The zero-order valence-electron chi connectivity index (χ0n) is 7.66. The van der Waals surface area contributed by atoms with Gasteiger partial charge >= 0.3 is 0 Å². The van der Waals surface area contributed by atoms with Gasteiger partial charge in [-0.3, -0.25) is 0 Å². The van der Waals surface area contributed by atoms with E-state index in [0.717, 1.165) is 0 Å². The fourth-order valence-corrected chi connectivity index (χ4v) is 0.982. The molecule has 6 heteroatoms. The molecule has 0 aliphatic carbocycles. The van der Waals surface area contributed by atoms with Crippen molar-refractivity contribution in [3.05, 3.63) is 34.3 Å². The van der Waals surface area contributed by atoms with Crippen LogP contribution in [0.4, 0.5) is 0 Å². The van der Waals surface area contributed by atoms with E-state index in [1.807, 2.05) is 0 Å². The largest absolute Gasteiger partial charge is 0.481 e. The van der Waals surface area contributed by atoms with Crippen LogP contribution in [0, 0.1) is 0 Å². The summed E-state index contributed by atoms with van der Waals surface area (Å²) in [5.74, 6) is 0.425. The quantitative estimate of drug-likeness (QED) is 0.446. The molecule has 1 N–H and O–H groups in total. The van der Waals surface area contributed by atoms with Gasteiger partial charge in [-0.2, -0.15) is 0 Å². The standard InChI is InChI=1S/C8H10N4O2/c1-14-8-4-2-3-6(10-8)7(5-13)11-12-9/h2-4,7,13H,5H2,1H3. The number of ether oxygens (including phenoxy) is 1. The zero-order valence-corrected chi connectivity index (χ0v) is 7.66. The smallest absolute Gasteiger partial charge is 0.213 e. The van der Waals surface area contributed by atoms with E-state index in [2.05, 4.69) is 15.0 Å². The monoisotopic (exact) mass is 194 g/mol. The van der Waals surface area contributed by atoms with E-state index in [-0.39, 0.29) is 6.61 Å². The van der Waals surface area contributed by atoms with Gasteiger partial charge in [0.25, 0.3) is 0 Å². The van der Waals surface area contributed by atoms with Crippen molar-refractivity contribution < 1.29 is 9.84 Å². The number of hydrogen-bond donors (Lipinski definition) is 1. The maximum absolute atomic E-state index is 8.93. The van der Waals surface area contributed by atoms with E-state index >= 15 is 0 Å². The lowest BCUT2D eigenvalue weighted by atomic mass is 10.2. The van der Waals surface area contributed by atoms with Crippen LogP contribution >= 0.6 is 0 Å². The summed E-state index contributed by atoms with van der Waals surface area (Å²) < 4.78 is 4.90. The van der Waals surface area contributed by atoms with Crippen LogP contribution in [0.2, 0.25) is 0 Å². The van der Waals surface area contributed by atoms with E-state index < -0.39 is 6.04 Å². The molecule has 0 aromatic carbocycles. The Labute approximate surface area is 80.8 Å². The minimum Gasteiger partial charge on any atom is -0.481 e. The first-order valence-corrected chi connectivity index (χ1v) is 3.97. The molecule has 0 aliphatic heterocycles. The molecule has 0 aliphatic rings. The molecule has 0 radical (unpaired) electrons. The van der Waals surface area contributed by atoms with Crippen LogP contribution in [0.15, 0.2) is 23.3 Å². The number of aliphatic hydroxyl groups excluding tert-OH is 1. The predicted molar refractivity (Wildman–Crippen MR) is 49.8 cm³/mol. The number of hydrogen-bond acceptors (Lipinski definition) is 4. The molecule has 74 valence electrons. The van der Waals surface area contributed by atoms with E-state index in [1.54, 1.807) is 18.2 Å². The second-order valence-corrected chi connectivity index (χ2v) is 2.51. The van der Waals surface area contributed by atoms with Gasteiger partial charge in [0.05, 0.1) is 19.4 Å². The van der Waals surface area contributed by atoms with Crippen LogP contribution in [0.5, 0.6) is 5.88 Å². The first-order valence-electron chi connectivity index (χ1n) is 3.97. The van der Waals surface area contributed by atoms with Crippen molar-refractivity contribution in [3.8, 4) is 5.88 Å². The first-order chi connectivity index (χ1) is 6.81. The summed E-state index contributed by atoms with van der Waals surface area (Å²) in [5.41, 5.74) is 8.73. The third-order valence-corrected chi connectivity index (χ3v) is 1.66. The van der Waals surface area contributed by atoms with Gasteiger partial charge < -0.3 is 9.84 Å². The maximum Gasteiger partial charge on any atom is 0.213 e. The molecule has 0 saturated carbocycles. The molecule has 0 saturated heterocycles. The minimum atomic E-state index is -0.657. The molecular weight excluding hydrogens is 184 g/mol. The lowest BCUT2D eigenvalue weighted by Crippen LogP contribution is -2.03. The minimum absolute atomic E-state index is 0.274. The van der Waals surface area contributed by atoms with Crippen molar-refractivity contribution in [1.29, 1.82) is 0 Å². The molecule has 14 heavy (non-hydrogen) atoms. The van der Waals surface area contributed by atoms with Gasteiger partial charge in [-0.1, -0.05) is 11.2 Å². The number of pyridine rings is 1. The number of nitrogens with zero attached hydrogens (tertiary/aromatic N) is 4. The number of methoxy groups -OCH3 is 1. The van der Waals surface area contributed by atoms with Gasteiger partial charge in [0.15, 0.2) is 0 Å². The fourth-order valence-electron chi connectivity index (χ4n) is 0.982. The summed E-state index contributed by atoms with van der Waals surface area (Å²) in [6, 6.07) is 4.40. The number of rotatable bonds is 4. The van der Waals surface area contributed by atoms with Gasteiger partial charge in [0.1, 0.15) is 6.04 Å². The van der Waals surface area contributed by atoms with Crippen LogP contribution < -0.4 is 4.74 Å². The molecule has 1 atom stereocenters. The molecule has 0 amide bonds. The van der Waals surface area contributed by atoms with Crippen molar-refractivity contribution in [2.45, 2.75) is 6.04 Å². The Morgan fingerprint density at radius 2 is 2.50 bits per heavy atom. The highest BCUT2D eigenvalue weighted by molar-refractivity contribution is 5.18. The Hall–Kier alpha value is -1.78. The Bertz CT molecular complexity index is 349. The molecule has 0 bridgehead atoms. The molecule has 0 spiro atoms. The Balaban J connectivity index is 2.97. The Kier molecular flexibility index (Phi) is 3.72. The third-order valence-electron chi connectivity index (χ3n) is 1.66. The fraction of sp³-hybridized carbons (Fsp3) is 0.375. The van der Waals surface area contributed by atoms with Crippen molar-refractivity contribution in [2.75, 3.05) is 13.7 Å². The average molecular weight is 194 g/mol. The van der Waals surface area contributed by atoms with Crippen LogP contribution in [0.1, 0.15) is 11.7 Å². The van der Waals surface area contributed by atoms with Crippen molar-refractivity contribution in [2.24, 2.45) is 5.11 Å². The lowest BCUT2D eigenvalue weighted by Gasteiger charge is -2.07. The summed E-state index contributed by atoms with van der Waals surface area (Å²) in [5, 5.41) is 12.3. The summed E-state index contributed by atoms with van der Waals surface area (Å²) in [6.07, 6.45) is 0. The van der Waals surface area contributed by atoms with Crippen molar-refractivity contribution in [1.82, 2.24) is 4.98 Å². The average Bonchev–Trinajstić information content (AvgIpc) is 2.26. The Morgan fingerprint density at radius 3 is 3.07 bits per heavy atom. The van der Waals surface area contributed by atoms with Gasteiger partial charge in [-0.15, -0.1) is 0 Å². The second-order valence-electron chi connectivity index (χ2n) is 2.51. The topological polar surface area (TPSA) is 91.1 Å². The van der Waals surface area contributed by atoms with Crippen LogP contribution in [-0.2, 0) is 0 Å². The molecule has 1 aromatic rings. The van der Waals surface area contributed by atoms with E-state index in [1.165, 1.54) is 7.11 Å². The van der Waals surface area contributed by atoms with Crippen LogP contribution in [0.3, 0.4) is 0 Å². The summed E-state index contributed by atoms with van der Waals surface area (Å²) in [7, 11) is 1.49. The second kappa shape index (κ2) is 5.06. The lowest BCUT2D eigenvalue weighted by molar-refractivity contribution is 0.265. The van der Waals surface area contributed by atoms with Crippen molar-refractivity contribution >= 4 is 0 Å². The highest BCUT2D eigenvalue weighted by atomic mass is 16.5. The zero-order chi connectivity index (χ0) is 10.4. The van der Waals surface area contributed by atoms with E-state index in [9.17, 15) is 0 Å². The first kappa shape index (κ1) is 10.3. The van der Waals surface area contributed by atoms with Crippen LogP contribution in [0.25, 0.3) is 10.4 Å². The van der Waals surface area contributed by atoms with Gasteiger partial charge in [0.2, 0.25) is 5.88 Å². The number of aromatic nitrogens is 1. The van der Waals surface area contributed by atoms with Gasteiger partial charge in [-0.25, -0.2) is 4.98 Å². The van der Waals surface area contributed by atoms with Gasteiger partial charge in [0, 0.05) is 11.0 Å². The van der Waals surface area contributed by atoms with E-state index in [0.29, 0.717) is 11.6 Å². The molecule has 1 heterocycles. The van der Waals surface area contributed by atoms with Gasteiger partial charge in [-0.05, 0) is 11.6 Å².